The van der Waals surface area contributed by atoms with Crippen molar-refractivity contribution < 1.29 is 17.9 Å². The van der Waals surface area contributed by atoms with Crippen molar-refractivity contribution in [2.75, 3.05) is 23.8 Å². The van der Waals surface area contributed by atoms with Crippen LogP contribution in [0.3, 0.4) is 0 Å². The highest BCUT2D eigenvalue weighted by Crippen LogP contribution is 2.25. The normalized spacial score (nSPS) is 16.5. The molecule has 0 unspecified atom stereocenters. The third-order valence-corrected chi connectivity index (χ3v) is 8.56. The molecule has 1 amide bonds. The Balaban J connectivity index is 1.18. The molecule has 2 aliphatic heterocycles. The molecule has 2 aliphatic rings. The van der Waals surface area contributed by atoms with E-state index in [0.29, 0.717) is 11.3 Å². The molecule has 5 heterocycles. The van der Waals surface area contributed by atoms with E-state index >= 15 is 0 Å². The molecule has 3 aromatic heterocycles. The van der Waals surface area contributed by atoms with Gasteiger partial charge in [-0.3, -0.25) is 14.8 Å². The van der Waals surface area contributed by atoms with Gasteiger partial charge in [-0.15, -0.1) is 0 Å². The molecule has 37 heavy (non-hydrogen) atoms. The molecule has 0 atom stereocenters. The number of hydrogen-bond donors (Lipinski definition) is 1. The largest absolute Gasteiger partial charge is 0.376 e. The Morgan fingerprint density at radius 3 is 2.89 bits per heavy atom. The van der Waals surface area contributed by atoms with Gasteiger partial charge < -0.3 is 15.0 Å². The number of nitrogens with zero attached hydrogens (tertiary/aromatic N) is 4. The van der Waals surface area contributed by atoms with Crippen LogP contribution in [0.1, 0.15) is 32.7 Å². The first-order chi connectivity index (χ1) is 18.0. The van der Waals surface area contributed by atoms with Crippen LogP contribution in [0.4, 0.5) is 5.82 Å². The maximum absolute atomic E-state index is 12.8. The maximum atomic E-state index is 12.8. The van der Waals surface area contributed by atoms with Gasteiger partial charge in [-0.25, -0.2) is 13.4 Å². The number of carbonyl (C=O) groups excluding carboxylic acids is 1. The zero-order valence-electron chi connectivity index (χ0n) is 20.1. The number of pyridine rings is 3. The molecule has 0 spiro atoms. The predicted octanol–water partition coefficient (Wildman–Crippen LogP) is 2.82. The minimum atomic E-state index is -3.49. The number of anilines is 1. The highest BCUT2D eigenvalue weighted by Gasteiger charge is 2.24. The molecule has 10 heteroatoms. The van der Waals surface area contributed by atoms with Crippen LogP contribution in [0.25, 0.3) is 10.9 Å². The molecule has 0 bridgehead atoms. The number of benzene rings is 1. The highest BCUT2D eigenvalue weighted by molar-refractivity contribution is 7.91. The number of hydrogen-bond acceptors (Lipinski definition) is 8. The van der Waals surface area contributed by atoms with Gasteiger partial charge in [-0.05, 0) is 59.5 Å². The Bertz CT molecular complexity index is 1620. The van der Waals surface area contributed by atoms with Crippen molar-refractivity contribution >= 4 is 32.5 Å². The summed E-state index contributed by atoms with van der Waals surface area (Å²) in [6.07, 6.45) is 6.43. The maximum Gasteiger partial charge on any atom is 0.251 e. The lowest BCUT2D eigenvalue weighted by Gasteiger charge is -2.29. The summed E-state index contributed by atoms with van der Waals surface area (Å²) in [5.41, 5.74) is 4.86. The van der Waals surface area contributed by atoms with Gasteiger partial charge in [0.25, 0.3) is 5.91 Å². The summed E-state index contributed by atoms with van der Waals surface area (Å²) in [6, 6.07) is 12.6. The van der Waals surface area contributed by atoms with E-state index in [2.05, 4.69) is 26.3 Å². The molecule has 0 aliphatic carbocycles. The van der Waals surface area contributed by atoms with E-state index in [9.17, 15) is 13.2 Å². The van der Waals surface area contributed by atoms with Gasteiger partial charge in [0.05, 0.1) is 41.6 Å². The van der Waals surface area contributed by atoms with E-state index in [0.717, 1.165) is 36.2 Å². The lowest BCUT2D eigenvalue weighted by Crippen LogP contribution is -2.31. The summed E-state index contributed by atoms with van der Waals surface area (Å²) in [5, 5.41) is 3.76. The Labute approximate surface area is 214 Å². The number of aromatic nitrogens is 3. The Morgan fingerprint density at radius 1 is 1.05 bits per heavy atom. The Morgan fingerprint density at radius 2 is 1.97 bits per heavy atom. The Hall–Kier alpha value is -3.89. The number of carbonyl (C=O) groups is 1. The summed E-state index contributed by atoms with van der Waals surface area (Å²) in [7, 11) is -3.49. The molecular formula is C27H25N5O4S. The van der Waals surface area contributed by atoms with Crippen LogP contribution >= 0.6 is 0 Å². The third kappa shape index (κ3) is 4.77. The van der Waals surface area contributed by atoms with Gasteiger partial charge in [-0.2, -0.15) is 0 Å². The average Bonchev–Trinajstić information content (AvgIpc) is 3.08. The molecule has 1 N–H and O–H groups in total. The minimum Gasteiger partial charge on any atom is -0.376 e. The molecule has 6 rings (SSSR count). The van der Waals surface area contributed by atoms with Gasteiger partial charge in [0, 0.05) is 42.6 Å². The fourth-order valence-electron chi connectivity index (χ4n) is 4.73. The molecule has 188 valence electrons. The molecule has 9 nitrogen and oxygen atoms in total. The van der Waals surface area contributed by atoms with E-state index in [-0.39, 0.29) is 41.9 Å². The zero-order chi connectivity index (χ0) is 25.4. The standard InChI is InChI=1S/C27H25N5O4S/c33-27(18-1-2-22-17-36-9-10-37(34,35)25(22)11-18)30-15-23-12-24-20(14-29-23)3-4-26(31-24)32-8-6-19-13-28-7-5-21(19)16-32/h1-5,7,11-14H,6,8-10,15-17H2,(H,30,33). The van der Waals surface area contributed by atoms with Gasteiger partial charge >= 0.3 is 0 Å². The van der Waals surface area contributed by atoms with Crippen LogP contribution in [-0.2, 0) is 40.7 Å². The summed E-state index contributed by atoms with van der Waals surface area (Å²) < 4.78 is 30.4. The Kier molecular flexibility index (Phi) is 6.05. The van der Waals surface area contributed by atoms with Crippen molar-refractivity contribution in [3.05, 3.63) is 89.0 Å². The third-order valence-electron chi connectivity index (χ3n) is 6.80. The van der Waals surface area contributed by atoms with Crippen molar-refractivity contribution in [3.8, 4) is 0 Å². The van der Waals surface area contributed by atoms with E-state index in [1.165, 1.54) is 17.2 Å². The molecule has 0 saturated carbocycles. The fourth-order valence-corrected chi connectivity index (χ4v) is 6.12. The first kappa shape index (κ1) is 23.5. The predicted molar refractivity (Wildman–Crippen MR) is 138 cm³/mol. The number of rotatable bonds is 4. The second kappa shape index (κ2) is 9.53. The minimum absolute atomic E-state index is 0.0950. The lowest BCUT2D eigenvalue weighted by molar-refractivity contribution is 0.0950. The number of ether oxygens (including phenoxy) is 1. The van der Waals surface area contributed by atoms with E-state index in [1.54, 1.807) is 18.3 Å². The SMILES string of the molecule is O=C(NCc1cc2nc(N3CCc4cnccc4C3)ccc2cn1)c1ccc2c(c1)S(=O)(=O)CCOC2. The van der Waals surface area contributed by atoms with Crippen molar-refractivity contribution in [1.29, 1.82) is 0 Å². The molecule has 4 aromatic rings. The zero-order valence-corrected chi connectivity index (χ0v) is 20.9. The smallest absolute Gasteiger partial charge is 0.251 e. The molecule has 0 radical (unpaired) electrons. The van der Waals surface area contributed by atoms with Gasteiger partial charge in [0.2, 0.25) is 0 Å². The van der Waals surface area contributed by atoms with Crippen molar-refractivity contribution in [1.82, 2.24) is 20.3 Å². The number of nitrogens with one attached hydrogen (secondary N) is 1. The summed E-state index contributed by atoms with van der Waals surface area (Å²) >= 11 is 0. The lowest BCUT2D eigenvalue weighted by atomic mass is 10.0. The van der Waals surface area contributed by atoms with Crippen LogP contribution in [0.5, 0.6) is 0 Å². The van der Waals surface area contributed by atoms with Crippen LogP contribution in [0, 0.1) is 0 Å². The van der Waals surface area contributed by atoms with Crippen molar-refractivity contribution in [2.45, 2.75) is 31.0 Å². The van der Waals surface area contributed by atoms with Gasteiger partial charge in [0.15, 0.2) is 9.84 Å². The van der Waals surface area contributed by atoms with Crippen LogP contribution in [0.15, 0.2) is 66.0 Å². The summed E-state index contributed by atoms with van der Waals surface area (Å²) in [4.78, 5) is 28.8. The van der Waals surface area contributed by atoms with E-state index < -0.39 is 9.84 Å². The summed E-state index contributed by atoms with van der Waals surface area (Å²) in [6.45, 7) is 2.20. The van der Waals surface area contributed by atoms with Crippen LogP contribution < -0.4 is 10.2 Å². The molecule has 0 saturated heterocycles. The quantitative estimate of drug-likeness (QED) is 0.441. The molecule has 1 aromatic carbocycles. The van der Waals surface area contributed by atoms with Crippen molar-refractivity contribution in [2.24, 2.45) is 0 Å². The van der Waals surface area contributed by atoms with Gasteiger partial charge in [0.1, 0.15) is 5.82 Å². The number of amides is 1. The van der Waals surface area contributed by atoms with Crippen LogP contribution in [0.2, 0.25) is 0 Å². The van der Waals surface area contributed by atoms with Gasteiger partial charge in [-0.1, -0.05) is 6.07 Å². The monoisotopic (exact) mass is 515 g/mol. The first-order valence-electron chi connectivity index (χ1n) is 12.1. The first-order valence-corrected chi connectivity index (χ1v) is 13.8. The number of fused-ring (bicyclic) bond motifs is 3. The molecular weight excluding hydrogens is 490 g/mol. The topological polar surface area (TPSA) is 114 Å². The average molecular weight is 516 g/mol. The van der Waals surface area contributed by atoms with Crippen molar-refractivity contribution in [3.63, 3.8) is 0 Å². The summed E-state index contributed by atoms with van der Waals surface area (Å²) in [5.74, 6) is 0.432. The van der Waals surface area contributed by atoms with E-state index in [1.807, 2.05) is 30.6 Å². The second-order valence-electron chi connectivity index (χ2n) is 9.23. The van der Waals surface area contributed by atoms with Crippen LogP contribution in [-0.4, -0.2) is 48.2 Å². The fraction of sp³-hybridized carbons (Fsp3) is 0.259. The number of sulfone groups is 1. The molecule has 0 fully saturated rings. The van der Waals surface area contributed by atoms with E-state index in [4.69, 9.17) is 9.72 Å². The highest BCUT2D eigenvalue weighted by atomic mass is 32.2. The second-order valence-corrected chi connectivity index (χ2v) is 11.3.